The summed E-state index contributed by atoms with van der Waals surface area (Å²) >= 11 is 7.50. The minimum Gasteiger partial charge on any atom is -0.319 e. The summed E-state index contributed by atoms with van der Waals surface area (Å²) in [5.74, 6) is 0.325. The maximum atomic E-state index is 6.29. The molecule has 0 aliphatic rings. The summed E-state index contributed by atoms with van der Waals surface area (Å²) in [6.07, 6.45) is 0. The van der Waals surface area contributed by atoms with Gasteiger partial charge >= 0.3 is 0 Å². The molecule has 2 aromatic rings. The quantitative estimate of drug-likeness (QED) is 0.934. The molecular weight excluding hydrogens is 266 g/mol. The Morgan fingerprint density at radius 2 is 2.06 bits per heavy atom. The Balaban J connectivity index is 2.38. The third-order valence-corrected chi connectivity index (χ3v) is 4.15. The lowest BCUT2D eigenvalue weighted by atomic mass is 10.00. The monoisotopic (exact) mass is 281 g/mol. The number of benzene rings is 1. The highest BCUT2D eigenvalue weighted by Crippen LogP contribution is 2.30. The van der Waals surface area contributed by atoms with Crippen molar-refractivity contribution in [2.24, 2.45) is 5.73 Å². The van der Waals surface area contributed by atoms with Gasteiger partial charge in [0.15, 0.2) is 0 Å². The summed E-state index contributed by atoms with van der Waals surface area (Å²) in [6.45, 7) is 6.16. The summed E-state index contributed by atoms with van der Waals surface area (Å²) in [7, 11) is 0. The molecule has 2 N–H and O–H groups in total. The normalized spacial score (nSPS) is 13.0. The van der Waals surface area contributed by atoms with Crippen LogP contribution in [0.1, 0.15) is 47.5 Å². The van der Waals surface area contributed by atoms with Gasteiger partial charge in [0.2, 0.25) is 0 Å². The predicted molar refractivity (Wildman–Crippen MR) is 76.2 cm³/mol. The lowest BCUT2D eigenvalue weighted by Crippen LogP contribution is -2.13. The van der Waals surface area contributed by atoms with Gasteiger partial charge in [0.05, 0.1) is 16.6 Å². The fourth-order valence-corrected chi connectivity index (χ4v) is 2.80. The Bertz CT molecular complexity index is 551. The van der Waals surface area contributed by atoms with Crippen LogP contribution in [0.3, 0.4) is 0 Å². The third-order valence-electron chi connectivity index (χ3n) is 2.92. The first kappa shape index (κ1) is 13.5. The highest BCUT2D eigenvalue weighted by molar-refractivity contribution is 7.05. The molecular formula is C13H16ClN3S. The highest BCUT2D eigenvalue weighted by Gasteiger charge is 2.19. The van der Waals surface area contributed by atoms with Crippen molar-refractivity contribution in [2.45, 2.75) is 32.7 Å². The van der Waals surface area contributed by atoms with E-state index in [1.807, 2.05) is 25.1 Å². The number of halogens is 1. The molecule has 3 nitrogen and oxygen atoms in total. The average molecular weight is 282 g/mol. The summed E-state index contributed by atoms with van der Waals surface area (Å²) in [5, 5.41) is 4.90. The second kappa shape index (κ2) is 5.34. The van der Waals surface area contributed by atoms with E-state index in [9.17, 15) is 0 Å². The standard InChI is InChI=1S/C13H16ClN3S/c1-7(2)12-13(18-17-16-12)11(15)9-5-4-8(3)10(14)6-9/h4-7,11H,15H2,1-3H3. The van der Waals surface area contributed by atoms with Gasteiger partial charge in [-0.2, -0.15) is 0 Å². The number of nitrogens with two attached hydrogens (primary N) is 1. The van der Waals surface area contributed by atoms with Crippen LogP contribution in [0.2, 0.25) is 5.02 Å². The van der Waals surface area contributed by atoms with E-state index < -0.39 is 0 Å². The number of hydrogen-bond acceptors (Lipinski definition) is 4. The smallest absolute Gasteiger partial charge is 0.0832 e. The molecule has 1 aromatic heterocycles. The van der Waals surface area contributed by atoms with E-state index in [0.717, 1.165) is 26.7 Å². The van der Waals surface area contributed by atoms with Crippen molar-refractivity contribution in [1.29, 1.82) is 0 Å². The van der Waals surface area contributed by atoms with Crippen LogP contribution in [0, 0.1) is 6.92 Å². The second-order valence-corrected chi connectivity index (χ2v) is 5.86. The van der Waals surface area contributed by atoms with Gasteiger partial charge in [0.25, 0.3) is 0 Å². The van der Waals surface area contributed by atoms with E-state index in [0.29, 0.717) is 5.92 Å². The molecule has 0 aliphatic heterocycles. The Morgan fingerprint density at radius 1 is 1.33 bits per heavy atom. The minimum absolute atomic E-state index is 0.208. The van der Waals surface area contributed by atoms with Crippen LogP contribution < -0.4 is 5.73 Å². The van der Waals surface area contributed by atoms with E-state index >= 15 is 0 Å². The maximum Gasteiger partial charge on any atom is 0.0832 e. The van der Waals surface area contributed by atoms with Crippen LogP contribution >= 0.6 is 23.1 Å². The van der Waals surface area contributed by atoms with Crippen molar-refractivity contribution in [1.82, 2.24) is 9.59 Å². The molecule has 0 aliphatic carbocycles. The zero-order chi connectivity index (χ0) is 13.3. The molecule has 0 saturated carbocycles. The number of rotatable bonds is 3. The van der Waals surface area contributed by atoms with Gasteiger partial charge in [-0.3, -0.25) is 0 Å². The topological polar surface area (TPSA) is 51.8 Å². The highest BCUT2D eigenvalue weighted by atomic mass is 35.5. The van der Waals surface area contributed by atoms with Gasteiger partial charge in [-0.25, -0.2) is 0 Å². The van der Waals surface area contributed by atoms with Crippen molar-refractivity contribution in [3.05, 3.63) is 44.9 Å². The molecule has 1 atom stereocenters. The van der Waals surface area contributed by atoms with Crippen LogP contribution in [-0.2, 0) is 0 Å². The van der Waals surface area contributed by atoms with Gasteiger partial charge < -0.3 is 5.73 Å². The second-order valence-electron chi connectivity index (χ2n) is 4.66. The third kappa shape index (κ3) is 2.55. The summed E-state index contributed by atoms with van der Waals surface area (Å²) < 4.78 is 4.01. The SMILES string of the molecule is Cc1ccc(C(N)c2snnc2C(C)C)cc1Cl. The van der Waals surface area contributed by atoms with Gasteiger partial charge in [-0.1, -0.05) is 42.1 Å². The molecule has 1 aromatic carbocycles. The maximum absolute atomic E-state index is 6.29. The molecule has 5 heteroatoms. The lowest BCUT2D eigenvalue weighted by molar-refractivity contribution is 0.770. The van der Waals surface area contributed by atoms with E-state index in [-0.39, 0.29) is 6.04 Å². The molecule has 18 heavy (non-hydrogen) atoms. The summed E-state index contributed by atoms with van der Waals surface area (Å²) in [5.41, 5.74) is 9.32. The van der Waals surface area contributed by atoms with Crippen molar-refractivity contribution < 1.29 is 0 Å². The van der Waals surface area contributed by atoms with Crippen LogP contribution in [0.4, 0.5) is 0 Å². The fourth-order valence-electron chi connectivity index (χ4n) is 1.77. The van der Waals surface area contributed by atoms with Gasteiger partial charge in [-0.05, 0) is 41.6 Å². The van der Waals surface area contributed by atoms with Crippen molar-refractivity contribution in [3.63, 3.8) is 0 Å². The Morgan fingerprint density at radius 3 is 2.67 bits per heavy atom. The van der Waals surface area contributed by atoms with E-state index in [1.54, 1.807) is 0 Å². The summed E-state index contributed by atoms with van der Waals surface area (Å²) in [4.78, 5) is 1.02. The average Bonchev–Trinajstić information content (AvgIpc) is 2.81. The van der Waals surface area contributed by atoms with E-state index in [1.165, 1.54) is 11.5 Å². The molecule has 0 spiro atoms. The Hall–Kier alpha value is -0.970. The van der Waals surface area contributed by atoms with Crippen LogP contribution in [0.25, 0.3) is 0 Å². The molecule has 96 valence electrons. The molecule has 0 bridgehead atoms. The summed E-state index contributed by atoms with van der Waals surface area (Å²) in [6, 6.07) is 5.71. The largest absolute Gasteiger partial charge is 0.319 e. The number of hydrogen-bond donors (Lipinski definition) is 1. The molecule has 0 amide bonds. The lowest BCUT2D eigenvalue weighted by Gasteiger charge is -2.13. The predicted octanol–water partition coefficient (Wildman–Crippen LogP) is 3.67. The molecule has 1 unspecified atom stereocenters. The van der Waals surface area contributed by atoms with Crippen molar-refractivity contribution in [3.8, 4) is 0 Å². The van der Waals surface area contributed by atoms with Crippen molar-refractivity contribution in [2.75, 3.05) is 0 Å². The Kier molecular flexibility index (Phi) is 4.00. The number of nitrogens with zero attached hydrogens (tertiary/aromatic N) is 2. The first-order valence-corrected chi connectivity index (χ1v) is 6.99. The molecule has 0 radical (unpaired) electrons. The first-order valence-electron chi connectivity index (χ1n) is 5.84. The van der Waals surface area contributed by atoms with Crippen molar-refractivity contribution >= 4 is 23.1 Å². The molecule has 0 saturated heterocycles. The van der Waals surface area contributed by atoms with E-state index in [2.05, 4.69) is 23.4 Å². The fraction of sp³-hybridized carbons (Fsp3) is 0.385. The Labute approximate surface area is 116 Å². The van der Waals surface area contributed by atoms with Crippen LogP contribution in [-0.4, -0.2) is 9.59 Å². The molecule has 1 heterocycles. The van der Waals surface area contributed by atoms with Gasteiger partial charge in [-0.15, -0.1) is 5.10 Å². The molecule has 2 rings (SSSR count). The first-order chi connectivity index (χ1) is 8.50. The van der Waals surface area contributed by atoms with Crippen LogP contribution in [0.5, 0.6) is 0 Å². The van der Waals surface area contributed by atoms with Gasteiger partial charge in [0, 0.05) is 5.02 Å². The van der Waals surface area contributed by atoms with E-state index in [4.69, 9.17) is 17.3 Å². The zero-order valence-electron chi connectivity index (χ0n) is 10.6. The number of aromatic nitrogens is 2. The van der Waals surface area contributed by atoms with Gasteiger partial charge in [0.1, 0.15) is 0 Å². The zero-order valence-corrected chi connectivity index (χ0v) is 12.2. The minimum atomic E-state index is -0.208. The van der Waals surface area contributed by atoms with Crippen LogP contribution in [0.15, 0.2) is 18.2 Å². The number of aryl methyl sites for hydroxylation is 1. The molecule has 0 fully saturated rings.